The summed E-state index contributed by atoms with van der Waals surface area (Å²) < 4.78 is 8.92. The van der Waals surface area contributed by atoms with Crippen LogP contribution < -0.4 is 5.73 Å². The molecule has 0 amide bonds. The lowest BCUT2D eigenvalue weighted by molar-refractivity contribution is 0.182. The Balaban J connectivity index is 2.29. The minimum absolute atomic E-state index is 0.221. The molecular formula is C13H15Br2N3O. The molecule has 1 atom stereocenters. The summed E-state index contributed by atoms with van der Waals surface area (Å²) in [4.78, 5) is 0. The molecule has 0 radical (unpaired) electrons. The molecule has 1 aromatic heterocycles. The fourth-order valence-electron chi connectivity index (χ4n) is 1.87. The number of aromatic nitrogens is 2. The van der Waals surface area contributed by atoms with E-state index in [1.54, 1.807) is 13.3 Å². The zero-order chi connectivity index (χ0) is 13.8. The Morgan fingerprint density at radius 3 is 2.63 bits per heavy atom. The van der Waals surface area contributed by atoms with Crippen LogP contribution in [0.1, 0.15) is 17.3 Å². The van der Waals surface area contributed by atoms with Gasteiger partial charge in [-0.2, -0.15) is 5.10 Å². The highest BCUT2D eigenvalue weighted by atomic mass is 79.9. The van der Waals surface area contributed by atoms with Crippen LogP contribution in [-0.4, -0.2) is 23.5 Å². The van der Waals surface area contributed by atoms with E-state index >= 15 is 0 Å². The molecule has 4 nitrogen and oxygen atoms in total. The number of nitrogens with zero attached hydrogens (tertiary/aromatic N) is 2. The number of nitrogens with two attached hydrogens (primary N) is 1. The van der Waals surface area contributed by atoms with E-state index in [1.807, 2.05) is 28.9 Å². The molecule has 0 fully saturated rings. The average Bonchev–Trinajstić information content (AvgIpc) is 2.77. The third-order valence-corrected chi connectivity index (χ3v) is 4.00. The Morgan fingerprint density at radius 2 is 2.00 bits per heavy atom. The normalized spacial score (nSPS) is 12.6. The van der Waals surface area contributed by atoms with E-state index < -0.39 is 0 Å². The lowest BCUT2D eigenvalue weighted by atomic mass is 10.0. The third-order valence-electron chi connectivity index (χ3n) is 2.86. The fourth-order valence-corrected chi connectivity index (χ4v) is 2.67. The number of benzene rings is 1. The summed E-state index contributed by atoms with van der Waals surface area (Å²) in [6.45, 7) is 1.29. The Bertz CT molecular complexity index is 539. The van der Waals surface area contributed by atoms with Crippen LogP contribution in [0.4, 0.5) is 0 Å². The largest absolute Gasteiger partial charge is 0.383 e. The number of ether oxygens (including phenoxy) is 1. The van der Waals surface area contributed by atoms with Crippen LogP contribution in [0.25, 0.3) is 0 Å². The monoisotopic (exact) mass is 387 g/mol. The number of hydrogen-bond acceptors (Lipinski definition) is 3. The molecule has 2 aromatic rings. The zero-order valence-corrected chi connectivity index (χ0v) is 13.7. The Hall–Kier alpha value is -0.690. The molecule has 0 saturated heterocycles. The van der Waals surface area contributed by atoms with Gasteiger partial charge in [-0.3, -0.25) is 4.68 Å². The maximum atomic E-state index is 6.34. The average molecular weight is 389 g/mol. The van der Waals surface area contributed by atoms with E-state index in [-0.39, 0.29) is 6.04 Å². The zero-order valence-electron chi connectivity index (χ0n) is 10.5. The van der Waals surface area contributed by atoms with E-state index in [0.717, 1.165) is 20.2 Å². The van der Waals surface area contributed by atoms with Crippen molar-refractivity contribution in [1.82, 2.24) is 9.78 Å². The highest BCUT2D eigenvalue weighted by molar-refractivity contribution is 9.10. The summed E-state index contributed by atoms with van der Waals surface area (Å²) in [5.41, 5.74) is 8.34. The molecule has 2 N–H and O–H groups in total. The fraction of sp³-hybridized carbons (Fsp3) is 0.308. The predicted octanol–water partition coefficient (Wildman–Crippen LogP) is 3.10. The summed E-state index contributed by atoms with van der Waals surface area (Å²) in [6.07, 6.45) is 1.77. The van der Waals surface area contributed by atoms with Gasteiger partial charge in [-0.05, 0) is 33.6 Å². The summed E-state index contributed by atoms with van der Waals surface area (Å²) in [5, 5.41) is 4.32. The molecule has 0 aliphatic rings. The van der Waals surface area contributed by atoms with Crippen molar-refractivity contribution in [1.29, 1.82) is 0 Å². The number of hydrogen-bond donors (Lipinski definition) is 1. The quantitative estimate of drug-likeness (QED) is 0.856. The van der Waals surface area contributed by atoms with E-state index in [0.29, 0.717) is 13.2 Å². The predicted molar refractivity (Wildman–Crippen MR) is 82.0 cm³/mol. The molecule has 1 heterocycles. The van der Waals surface area contributed by atoms with Crippen molar-refractivity contribution < 1.29 is 4.74 Å². The van der Waals surface area contributed by atoms with Gasteiger partial charge in [0.2, 0.25) is 0 Å². The first-order chi connectivity index (χ1) is 9.13. The minimum Gasteiger partial charge on any atom is -0.383 e. The van der Waals surface area contributed by atoms with E-state index in [1.165, 1.54) is 0 Å². The third kappa shape index (κ3) is 3.45. The van der Waals surface area contributed by atoms with Crippen molar-refractivity contribution >= 4 is 31.9 Å². The molecule has 1 aromatic carbocycles. The second kappa shape index (κ2) is 6.65. The van der Waals surface area contributed by atoms with Crippen molar-refractivity contribution in [3.05, 3.63) is 50.7 Å². The second-order valence-electron chi connectivity index (χ2n) is 4.12. The Kier molecular flexibility index (Phi) is 5.15. The molecule has 102 valence electrons. The lowest BCUT2D eigenvalue weighted by Gasteiger charge is -2.15. The van der Waals surface area contributed by atoms with Gasteiger partial charge in [-0.15, -0.1) is 0 Å². The van der Waals surface area contributed by atoms with Crippen LogP contribution in [0, 0.1) is 0 Å². The van der Waals surface area contributed by atoms with Crippen LogP contribution in [0.2, 0.25) is 0 Å². The Labute approximate surface area is 129 Å². The molecule has 0 saturated carbocycles. The van der Waals surface area contributed by atoms with Gasteiger partial charge >= 0.3 is 0 Å². The smallest absolute Gasteiger partial charge is 0.0739 e. The number of methoxy groups -OCH3 is 1. The summed E-state index contributed by atoms with van der Waals surface area (Å²) in [6, 6.07) is 7.77. The molecule has 19 heavy (non-hydrogen) atoms. The van der Waals surface area contributed by atoms with Crippen molar-refractivity contribution in [2.45, 2.75) is 12.6 Å². The molecule has 2 rings (SSSR count). The maximum Gasteiger partial charge on any atom is 0.0739 e. The molecule has 0 spiro atoms. The minimum atomic E-state index is -0.221. The van der Waals surface area contributed by atoms with Crippen LogP contribution in [0.15, 0.2) is 39.4 Å². The van der Waals surface area contributed by atoms with Crippen LogP contribution in [-0.2, 0) is 11.3 Å². The first-order valence-electron chi connectivity index (χ1n) is 5.84. The van der Waals surface area contributed by atoms with Crippen molar-refractivity contribution in [2.24, 2.45) is 5.73 Å². The number of halogens is 2. The SMILES string of the molecule is COCCn1ncc(Br)c1C(N)c1ccc(Br)cc1. The van der Waals surface area contributed by atoms with Gasteiger partial charge in [0.15, 0.2) is 0 Å². The van der Waals surface area contributed by atoms with Gasteiger partial charge in [0.05, 0.1) is 35.6 Å². The molecule has 0 aliphatic carbocycles. The molecule has 0 aliphatic heterocycles. The van der Waals surface area contributed by atoms with Gasteiger partial charge < -0.3 is 10.5 Å². The summed E-state index contributed by atoms with van der Waals surface area (Å²) in [7, 11) is 1.67. The van der Waals surface area contributed by atoms with Gasteiger partial charge in [-0.1, -0.05) is 28.1 Å². The van der Waals surface area contributed by atoms with Crippen molar-refractivity contribution in [3.8, 4) is 0 Å². The van der Waals surface area contributed by atoms with Crippen molar-refractivity contribution in [3.63, 3.8) is 0 Å². The van der Waals surface area contributed by atoms with E-state index in [2.05, 4.69) is 37.0 Å². The van der Waals surface area contributed by atoms with Gasteiger partial charge in [0.25, 0.3) is 0 Å². The molecule has 0 bridgehead atoms. The summed E-state index contributed by atoms with van der Waals surface area (Å²) >= 11 is 6.93. The van der Waals surface area contributed by atoms with Crippen LogP contribution >= 0.6 is 31.9 Å². The van der Waals surface area contributed by atoms with Gasteiger partial charge in [0.1, 0.15) is 0 Å². The van der Waals surface area contributed by atoms with Gasteiger partial charge in [0, 0.05) is 11.6 Å². The topological polar surface area (TPSA) is 53.1 Å². The van der Waals surface area contributed by atoms with E-state index in [9.17, 15) is 0 Å². The van der Waals surface area contributed by atoms with E-state index in [4.69, 9.17) is 10.5 Å². The summed E-state index contributed by atoms with van der Waals surface area (Å²) in [5.74, 6) is 0. The highest BCUT2D eigenvalue weighted by Crippen LogP contribution is 2.27. The first kappa shape index (κ1) is 14.7. The van der Waals surface area contributed by atoms with Crippen LogP contribution in [0.5, 0.6) is 0 Å². The molecule has 1 unspecified atom stereocenters. The highest BCUT2D eigenvalue weighted by Gasteiger charge is 2.18. The molecular weight excluding hydrogens is 374 g/mol. The van der Waals surface area contributed by atoms with Gasteiger partial charge in [-0.25, -0.2) is 0 Å². The Morgan fingerprint density at radius 1 is 1.32 bits per heavy atom. The first-order valence-corrected chi connectivity index (χ1v) is 7.43. The van der Waals surface area contributed by atoms with Crippen molar-refractivity contribution in [2.75, 3.05) is 13.7 Å². The van der Waals surface area contributed by atoms with Crippen LogP contribution in [0.3, 0.4) is 0 Å². The number of rotatable bonds is 5. The molecule has 6 heteroatoms. The standard InChI is InChI=1S/C13H15Br2N3O/c1-19-7-6-18-13(11(15)8-17-18)12(16)9-2-4-10(14)5-3-9/h2-5,8,12H,6-7,16H2,1H3. The lowest BCUT2D eigenvalue weighted by Crippen LogP contribution is -2.19. The second-order valence-corrected chi connectivity index (χ2v) is 5.89. The maximum absolute atomic E-state index is 6.34.